The second-order valence-electron chi connectivity index (χ2n) is 8.30. The molecule has 0 atom stereocenters. The average Bonchev–Trinajstić information content (AvgIpc) is 3.47. The van der Waals surface area contributed by atoms with E-state index in [4.69, 9.17) is 4.74 Å². The molecule has 5 rings (SSSR count). The minimum atomic E-state index is -0.448. The second-order valence-corrected chi connectivity index (χ2v) is 8.30. The van der Waals surface area contributed by atoms with E-state index in [2.05, 4.69) is 10.2 Å². The summed E-state index contributed by atoms with van der Waals surface area (Å²) in [6.07, 6.45) is 2.27. The molecule has 2 aliphatic rings. The van der Waals surface area contributed by atoms with Gasteiger partial charge in [-0.1, -0.05) is 12.1 Å². The summed E-state index contributed by atoms with van der Waals surface area (Å²) < 4.78 is 5.43. The molecule has 0 radical (unpaired) electrons. The SMILES string of the molecule is CCOc1ccc(N2C(=O)c3ccc(C(=O)Nc4ccccc4N4CCCC4)cc3C2=O)cc1. The highest BCUT2D eigenvalue weighted by Gasteiger charge is 2.37. The van der Waals surface area contributed by atoms with Gasteiger partial charge in [0.2, 0.25) is 0 Å². The fourth-order valence-corrected chi connectivity index (χ4v) is 4.48. The Kier molecular flexibility index (Phi) is 5.76. The summed E-state index contributed by atoms with van der Waals surface area (Å²) in [5.74, 6) is -0.517. The molecule has 1 saturated heterocycles. The molecule has 0 bridgehead atoms. The van der Waals surface area contributed by atoms with Crippen molar-refractivity contribution in [2.45, 2.75) is 19.8 Å². The van der Waals surface area contributed by atoms with Crippen molar-refractivity contribution in [1.29, 1.82) is 0 Å². The summed E-state index contributed by atoms with van der Waals surface area (Å²) in [6.45, 7) is 4.34. The van der Waals surface area contributed by atoms with Crippen molar-refractivity contribution in [2.75, 3.05) is 34.8 Å². The number of nitrogens with one attached hydrogen (secondary N) is 1. The number of fused-ring (bicyclic) bond motifs is 1. The van der Waals surface area contributed by atoms with Gasteiger partial charge in [-0.05, 0) is 74.4 Å². The molecule has 0 saturated carbocycles. The molecule has 7 heteroatoms. The molecule has 2 aliphatic heterocycles. The zero-order valence-electron chi connectivity index (χ0n) is 18.9. The largest absolute Gasteiger partial charge is 0.494 e. The smallest absolute Gasteiger partial charge is 0.266 e. The first-order valence-electron chi connectivity index (χ1n) is 11.5. The fraction of sp³-hybridized carbons (Fsp3) is 0.222. The molecule has 1 N–H and O–H groups in total. The lowest BCUT2D eigenvalue weighted by Gasteiger charge is -2.21. The fourth-order valence-electron chi connectivity index (χ4n) is 4.48. The minimum absolute atomic E-state index is 0.222. The van der Waals surface area contributed by atoms with Gasteiger partial charge in [0.1, 0.15) is 5.75 Å². The maximum absolute atomic E-state index is 13.1. The van der Waals surface area contributed by atoms with Crippen LogP contribution in [0.15, 0.2) is 66.7 Å². The number of nitrogens with zero attached hydrogens (tertiary/aromatic N) is 2. The first kappa shape index (κ1) is 21.7. The van der Waals surface area contributed by atoms with E-state index in [0.29, 0.717) is 23.6 Å². The van der Waals surface area contributed by atoms with E-state index in [-0.39, 0.29) is 17.0 Å². The Morgan fingerprint density at radius 2 is 1.62 bits per heavy atom. The Balaban J connectivity index is 1.38. The van der Waals surface area contributed by atoms with Gasteiger partial charge < -0.3 is 15.0 Å². The first-order valence-corrected chi connectivity index (χ1v) is 11.5. The van der Waals surface area contributed by atoms with E-state index in [1.165, 1.54) is 6.07 Å². The Morgan fingerprint density at radius 1 is 0.912 bits per heavy atom. The van der Waals surface area contributed by atoms with Crippen molar-refractivity contribution >= 4 is 34.8 Å². The predicted octanol–water partition coefficient (Wildman–Crippen LogP) is 4.74. The van der Waals surface area contributed by atoms with Gasteiger partial charge in [-0.2, -0.15) is 0 Å². The molecule has 2 heterocycles. The van der Waals surface area contributed by atoms with Crippen molar-refractivity contribution in [3.63, 3.8) is 0 Å². The topological polar surface area (TPSA) is 79.0 Å². The number of amides is 3. The number of ether oxygens (including phenoxy) is 1. The Labute approximate surface area is 197 Å². The number of benzene rings is 3. The third-order valence-corrected chi connectivity index (χ3v) is 6.15. The van der Waals surface area contributed by atoms with Gasteiger partial charge in [0.15, 0.2) is 0 Å². The summed E-state index contributed by atoms with van der Waals surface area (Å²) in [5.41, 5.74) is 3.01. The molecule has 0 unspecified atom stereocenters. The molecule has 3 aromatic carbocycles. The van der Waals surface area contributed by atoms with Gasteiger partial charge in [0, 0.05) is 18.7 Å². The zero-order chi connectivity index (χ0) is 23.7. The third-order valence-electron chi connectivity index (χ3n) is 6.15. The van der Waals surface area contributed by atoms with Gasteiger partial charge in [-0.25, -0.2) is 4.90 Å². The number of anilines is 3. The first-order chi connectivity index (χ1) is 16.6. The summed E-state index contributed by atoms with van der Waals surface area (Å²) >= 11 is 0. The zero-order valence-corrected chi connectivity index (χ0v) is 18.9. The highest BCUT2D eigenvalue weighted by molar-refractivity contribution is 6.34. The van der Waals surface area contributed by atoms with Crippen molar-refractivity contribution < 1.29 is 19.1 Å². The lowest BCUT2D eigenvalue weighted by Crippen LogP contribution is -2.29. The molecule has 0 aromatic heterocycles. The molecule has 1 fully saturated rings. The Morgan fingerprint density at radius 3 is 2.35 bits per heavy atom. The van der Waals surface area contributed by atoms with E-state index in [1.54, 1.807) is 36.4 Å². The van der Waals surface area contributed by atoms with E-state index in [1.807, 2.05) is 31.2 Å². The number of rotatable bonds is 6. The van der Waals surface area contributed by atoms with Crippen molar-refractivity contribution in [3.8, 4) is 5.75 Å². The highest BCUT2D eigenvalue weighted by Crippen LogP contribution is 2.32. The lowest BCUT2D eigenvalue weighted by molar-refractivity contribution is 0.0925. The molecule has 0 spiro atoms. The van der Waals surface area contributed by atoms with Crippen LogP contribution in [0.1, 0.15) is 50.8 Å². The van der Waals surface area contributed by atoms with Crippen LogP contribution >= 0.6 is 0 Å². The van der Waals surface area contributed by atoms with Gasteiger partial charge in [0.25, 0.3) is 17.7 Å². The van der Waals surface area contributed by atoms with Gasteiger partial charge in [0.05, 0.1) is 34.8 Å². The standard InChI is InChI=1S/C27H25N3O4/c1-2-34-20-12-10-19(11-13-20)30-26(32)21-14-9-18(17-22(21)27(30)33)25(31)28-23-7-3-4-8-24(23)29-15-5-6-16-29/h3-4,7-14,17H,2,5-6,15-16H2,1H3,(H,28,31). The van der Waals surface area contributed by atoms with E-state index < -0.39 is 11.8 Å². The Hall–Kier alpha value is -4.13. The van der Waals surface area contributed by atoms with Crippen LogP contribution in [-0.4, -0.2) is 37.4 Å². The van der Waals surface area contributed by atoms with Gasteiger partial charge in [-0.15, -0.1) is 0 Å². The summed E-state index contributed by atoms with van der Waals surface area (Å²) in [7, 11) is 0. The normalized spacial score (nSPS) is 15.0. The van der Waals surface area contributed by atoms with Crippen molar-refractivity contribution in [2.24, 2.45) is 0 Å². The number of hydrogen-bond donors (Lipinski definition) is 1. The predicted molar refractivity (Wildman–Crippen MR) is 131 cm³/mol. The van der Waals surface area contributed by atoms with Crippen LogP contribution in [0, 0.1) is 0 Å². The van der Waals surface area contributed by atoms with E-state index in [9.17, 15) is 14.4 Å². The van der Waals surface area contributed by atoms with Crippen LogP contribution < -0.4 is 19.9 Å². The monoisotopic (exact) mass is 455 g/mol. The van der Waals surface area contributed by atoms with Crippen LogP contribution in [0.5, 0.6) is 5.75 Å². The molecule has 3 aromatic rings. The van der Waals surface area contributed by atoms with Crippen LogP contribution in [0.3, 0.4) is 0 Å². The molecule has 3 amide bonds. The third kappa shape index (κ3) is 3.90. The summed E-state index contributed by atoms with van der Waals surface area (Å²) in [6, 6.07) is 19.1. The van der Waals surface area contributed by atoms with Crippen molar-refractivity contribution in [1.82, 2.24) is 0 Å². The van der Waals surface area contributed by atoms with E-state index >= 15 is 0 Å². The summed E-state index contributed by atoms with van der Waals surface area (Å²) in [5, 5.41) is 2.98. The molecule has 7 nitrogen and oxygen atoms in total. The number of carbonyl (C=O) groups excluding carboxylic acids is 3. The summed E-state index contributed by atoms with van der Waals surface area (Å²) in [4.78, 5) is 42.5. The molecular formula is C27H25N3O4. The van der Waals surface area contributed by atoms with Crippen LogP contribution in [0.25, 0.3) is 0 Å². The molecule has 34 heavy (non-hydrogen) atoms. The van der Waals surface area contributed by atoms with Gasteiger partial charge >= 0.3 is 0 Å². The highest BCUT2D eigenvalue weighted by atomic mass is 16.5. The maximum atomic E-state index is 13.1. The van der Waals surface area contributed by atoms with E-state index in [0.717, 1.165) is 42.2 Å². The number of imide groups is 1. The second kappa shape index (κ2) is 9.02. The number of para-hydroxylation sites is 2. The van der Waals surface area contributed by atoms with Crippen LogP contribution in [0.4, 0.5) is 17.1 Å². The average molecular weight is 456 g/mol. The van der Waals surface area contributed by atoms with Crippen LogP contribution in [-0.2, 0) is 0 Å². The number of carbonyl (C=O) groups is 3. The Bertz CT molecular complexity index is 1260. The molecular weight excluding hydrogens is 430 g/mol. The lowest BCUT2D eigenvalue weighted by atomic mass is 10.1. The van der Waals surface area contributed by atoms with Crippen molar-refractivity contribution in [3.05, 3.63) is 83.4 Å². The number of hydrogen-bond acceptors (Lipinski definition) is 5. The minimum Gasteiger partial charge on any atom is -0.494 e. The quantitative estimate of drug-likeness (QED) is 0.543. The molecule has 172 valence electrons. The molecule has 0 aliphatic carbocycles. The van der Waals surface area contributed by atoms with Gasteiger partial charge in [-0.3, -0.25) is 14.4 Å². The van der Waals surface area contributed by atoms with Crippen LogP contribution in [0.2, 0.25) is 0 Å². The maximum Gasteiger partial charge on any atom is 0.266 e.